The number of nitrogens with one attached hydrogen (secondary N) is 1. The molecule has 1 heterocycles. The van der Waals surface area contributed by atoms with E-state index in [0.29, 0.717) is 17.2 Å². The van der Waals surface area contributed by atoms with Crippen LogP contribution in [-0.2, 0) is 0 Å². The molecule has 3 rings (SSSR count). The van der Waals surface area contributed by atoms with E-state index in [1.54, 1.807) is 19.2 Å². The monoisotopic (exact) mass is 382 g/mol. The minimum absolute atomic E-state index is 0.132. The fourth-order valence-corrected chi connectivity index (χ4v) is 3.09. The summed E-state index contributed by atoms with van der Waals surface area (Å²) in [7, 11) is 1.89. The molecule has 7 heteroatoms. The van der Waals surface area contributed by atoms with Crippen LogP contribution in [0.1, 0.15) is 30.3 Å². The average Bonchev–Trinajstić information content (AvgIpc) is 3.15. The van der Waals surface area contributed by atoms with E-state index in [4.69, 9.17) is 4.52 Å². The Kier molecular flexibility index (Phi) is 6.26. The van der Waals surface area contributed by atoms with Gasteiger partial charge in [0.05, 0.1) is 12.3 Å². The van der Waals surface area contributed by atoms with Gasteiger partial charge in [0.2, 0.25) is 5.76 Å². The predicted molar refractivity (Wildman–Crippen MR) is 108 cm³/mol. The molecule has 1 aromatic carbocycles. The first-order chi connectivity index (χ1) is 13.4. The summed E-state index contributed by atoms with van der Waals surface area (Å²) in [5, 5.41) is 22.5. The second-order valence-electron chi connectivity index (χ2n) is 7.29. The smallest absolute Gasteiger partial charge is 0.290 e. The zero-order valence-corrected chi connectivity index (χ0v) is 16.2. The van der Waals surface area contributed by atoms with Crippen molar-refractivity contribution >= 4 is 12.1 Å². The highest BCUT2D eigenvalue weighted by Crippen LogP contribution is 2.28. The molecular weight excluding hydrogens is 356 g/mol. The molecule has 1 amide bonds. The van der Waals surface area contributed by atoms with Crippen LogP contribution in [0.2, 0.25) is 0 Å². The molecule has 1 aromatic heterocycles. The van der Waals surface area contributed by atoms with Crippen molar-refractivity contribution in [3.8, 4) is 11.3 Å². The van der Waals surface area contributed by atoms with Crippen LogP contribution in [0, 0.1) is 5.92 Å². The van der Waals surface area contributed by atoms with Crippen molar-refractivity contribution in [2.45, 2.75) is 31.9 Å². The number of carbonyl (C=O) groups excluding carboxylic acids is 1. The van der Waals surface area contributed by atoms with Crippen molar-refractivity contribution in [3.05, 3.63) is 54.3 Å². The molecule has 148 valence electrons. The number of carbonyl (C=O) groups is 1. The number of rotatable bonds is 8. The summed E-state index contributed by atoms with van der Waals surface area (Å²) in [5.41, 5.74) is 2.14. The Labute approximate surface area is 164 Å². The molecule has 0 saturated heterocycles. The maximum atomic E-state index is 12.4. The van der Waals surface area contributed by atoms with E-state index in [1.807, 2.05) is 42.4 Å². The molecule has 28 heavy (non-hydrogen) atoms. The summed E-state index contributed by atoms with van der Waals surface area (Å²) in [6.07, 6.45) is 2.76. The Morgan fingerprint density at radius 3 is 2.86 bits per heavy atom. The predicted octanol–water partition coefficient (Wildman–Crippen LogP) is 2.70. The lowest BCUT2D eigenvalue weighted by molar-refractivity contribution is 0.0833. The lowest BCUT2D eigenvalue weighted by Crippen LogP contribution is -2.46. The van der Waals surface area contributed by atoms with E-state index in [1.165, 1.54) is 0 Å². The Morgan fingerprint density at radius 2 is 2.18 bits per heavy atom. The van der Waals surface area contributed by atoms with Gasteiger partial charge >= 0.3 is 0 Å². The number of hydrogen-bond acceptors (Lipinski definition) is 6. The van der Waals surface area contributed by atoms with E-state index in [2.05, 4.69) is 22.2 Å². The Morgan fingerprint density at radius 1 is 1.46 bits per heavy atom. The fourth-order valence-electron chi connectivity index (χ4n) is 3.09. The van der Waals surface area contributed by atoms with Crippen LogP contribution in [0.25, 0.3) is 11.3 Å². The topological polar surface area (TPSA) is 91.0 Å². The molecular formula is C21H26N4O3. The number of aliphatic hydroxyl groups is 1. The first-order valence-corrected chi connectivity index (χ1v) is 9.37. The molecule has 1 fully saturated rings. The van der Waals surface area contributed by atoms with Gasteiger partial charge in [-0.05, 0) is 31.3 Å². The Hall–Kier alpha value is -2.93. The Bertz CT molecular complexity index is 838. The average molecular weight is 382 g/mol. The molecule has 0 aliphatic heterocycles. The van der Waals surface area contributed by atoms with E-state index >= 15 is 0 Å². The molecule has 0 bridgehead atoms. The normalized spacial score (nSPS) is 19.8. The molecule has 7 nitrogen and oxygen atoms in total. The standard InChI is InChI=1S/C21H26N4O3/c1-14(15(2)26)12-22-25(3)13-16-9-18(10-16)23-21(27)20-11-19(24-28-20)17-7-5-4-6-8-17/h4-8,11-12,15-16,18,26H,1,9-10,13H2,2-3H3,(H,23,27)/b22-12-/t15-,16-,18-/m0/s1. The molecule has 0 radical (unpaired) electrons. The van der Waals surface area contributed by atoms with Crippen LogP contribution in [0.4, 0.5) is 0 Å². The van der Waals surface area contributed by atoms with E-state index in [-0.39, 0.29) is 17.7 Å². The van der Waals surface area contributed by atoms with Crippen LogP contribution >= 0.6 is 0 Å². The van der Waals surface area contributed by atoms with Crippen molar-refractivity contribution in [1.82, 2.24) is 15.5 Å². The molecule has 1 aliphatic rings. The van der Waals surface area contributed by atoms with Gasteiger partial charge in [-0.3, -0.25) is 9.80 Å². The maximum Gasteiger partial charge on any atom is 0.290 e. The number of hydrogen-bond donors (Lipinski definition) is 2. The lowest BCUT2D eigenvalue weighted by Gasteiger charge is -2.37. The number of aromatic nitrogens is 1. The van der Waals surface area contributed by atoms with Gasteiger partial charge in [0, 0.05) is 31.3 Å². The zero-order chi connectivity index (χ0) is 20.1. The van der Waals surface area contributed by atoms with Gasteiger partial charge < -0.3 is 14.9 Å². The summed E-state index contributed by atoms with van der Waals surface area (Å²) in [5.74, 6) is 0.445. The molecule has 1 saturated carbocycles. The van der Waals surface area contributed by atoms with Crippen molar-refractivity contribution in [3.63, 3.8) is 0 Å². The summed E-state index contributed by atoms with van der Waals surface area (Å²) >= 11 is 0. The van der Waals surface area contributed by atoms with Crippen LogP contribution in [-0.4, -0.2) is 53.1 Å². The minimum Gasteiger partial charge on any atom is -0.389 e. The molecule has 0 spiro atoms. The third-order valence-electron chi connectivity index (χ3n) is 4.85. The first kappa shape index (κ1) is 19.8. The lowest BCUT2D eigenvalue weighted by atomic mass is 9.80. The zero-order valence-electron chi connectivity index (χ0n) is 16.2. The highest BCUT2D eigenvalue weighted by atomic mass is 16.5. The third kappa shape index (κ3) is 5.07. The third-order valence-corrected chi connectivity index (χ3v) is 4.85. The SMILES string of the molecule is C=C(/C=N\N(C)C[C@H]1C[C@H](NC(=O)c2cc(-c3ccccc3)no2)C1)[C@H](C)O. The van der Waals surface area contributed by atoms with Crippen molar-refractivity contribution in [2.24, 2.45) is 11.0 Å². The van der Waals surface area contributed by atoms with Gasteiger partial charge in [-0.2, -0.15) is 5.10 Å². The highest BCUT2D eigenvalue weighted by molar-refractivity contribution is 5.92. The van der Waals surface area contributed by atoms with Crippen LogP contribution in [0.3, 0.4) is 0 Å². The van der Waals surface area contributed by atoms with Gasteiger partial charge in [0.1, 0.15) is 5.69 Å². The number of hydrazone groups is 1. The second-order valence-corrected chi connectivity index (χ2v) is 7.29. The van der Waals surface area contributed by atoms with E-state index < -0.39 is 6.10 Å². The summed E-state index contributed by atoms with van der Waals surface area (Å²) in [4.78, 5) is 12.4. The highest BCUT2D eigenvalue weighted by Gasteiger charge is 2.32. The second kappa shape index (κ2) is 8.84. The Balaban J connectivity index is 1.43. The number of nitrogens with zero attached hydrogens (tertiary/aromatic N) is 3. The number of benzene rings is 1. The van der Waals surface area contributed by atoms with Gasteiger partial charge in [-0.25, -0.2) is 0 Å². The maximum absolute atomic E-state index is 12.4. The molecule has 0 unspecified atom stereocenters. The molecule has 2 aromatic rings. The summed E-state index contributed by atoms with van der Waals surface area (Å²) in [6.45, 7) is 6.19. The quantitative estimate of drug-likeness (QED) is 0.541. The minimum atomic E-state index is -0.598. The molecule has 1 atom stereocenters. The number of amides is 1. The largest absolute Gasteiger partial charge is 0.389 e. The fraction of sp³-hybridized carbons (Fsp3) is 0.381. The van der Waals surface area contributed by atoms with Crippen LogP contribution < -0.4 is 5.32 Å². The van der Waals surface area contributed by atoms with Gasteiger partial charge in [0.15, 0.2) is 0 Å². The molecule has 1 aliphatic carbocycles. The van der Waals surface area contributed by atoms with Crippen LogP contribution in [0.5, 0.6) is 0 Å². The van der Waals surface area contributed by atoms with Crippen LogP contribution in [0.15, 0.2) is 58.2 Å². The van der Waals surface area contributed by atoms with Gasteiger partial charge in [-0.15, -0.1) is 0 Å². The summed E-state index contributed by atoms with van der Waals surface area (Å²) < 4.78 is 5.20. The van der Waals surface area contributed by atoms with Gasteiger partial charge in [0.25, 0.3) is 5.91 Å². The van der Waals surface area contributed by atoms with Crippen molar-refractivity contribution in [2.75, 3.05) is 13.6 Å². The summed E-state index contributed by atoms with van der Waals surface area (Å²) in [6, 6.07) is 11.4. The number of aliphatic hydroxyl groups excluding tert-OH is 1. The van der Waals surface area contributed by atoms with E-state index in [0.717, 1.165) is 24.9 Å². The van der Waals surface area contributed by atoms with Gasteiger partial charge in [-0.1, -0.05) is 42.1 Å². The van der Waals surface area contributed by atoms with Crippen molar-refractivity contribution in [1.29, 1.82) is 0 Å². The van der Waals surface area contributed by atoms with E-state index in [9.17, 15) is 9.90 Å². The van der Waals surface area contributed by atoms with Crippen molar-refractivity contribution < 1.29 is 14.4 Å². The first-order valence-electron chi connectivity index (χ1n) is 9.37. The molecule has 2 N–H and O–H groups in total.